The van der Waals surface area contributed by atoms with Crippen LogP contribution in [0.2, 0.25) is 0 Å². The lowest BCUT2D eigenvalue weighted by Gasteiger charge is -2.07. The number of hydrogen-bond acceptors (Lipinski definition) is 9. The Morgan fingerprint density at radius 3 is 2.68 bits per heavy atom. The first-order valence-electron chi connectivity index (χ1n) is 11.0. The number of anilines is 1. The number of carbonyl (C=O) groups excluding carboxylic acids is 2. The monoisotopic (exact) mass is 540 g/mol. The van der Waals surface area contributed by atoms with Gasteiger partial charge in [-0.05, 0) is 29.3 Å². The largest absolute Gasteiger partial charge is 0.476 e. The molecule has 2 amide bonds. The van der Waals surface area contributed by atoms with E-state index in [2.05, 4.69) is 20.6 Å². The molecule has 0 unspecified atom stereocenters. The Hall–Kier alpha value is -4.07. The summed E-state index contributed by atoms with van der Waals surface area (Å²) in [6.45, 7) is 0.476. The number of ether oxygens (including phenoxy) is 1. The van der Waals surface area contributed by atoms with Crippen LogP contribution in [-0.4, -0.2) is 60.1 Å². The predicted molar refractivity (Wildman–Crippen MR) is 141 cm³/mol. The number of benzene rings is 1. The molecule has 0 aliphatic rings. The average Bonchev–Trinajstić information content (AvgIpc) is 3.57. The maximum absolute atomic E-state index is 12.3. The molecule has 192 valence electrons. The lowest BCUT2D eigenvalue weighted by Crippen LogP contribution is -2.32. The van der Waals surface area contributed by atoms with Gasteiger partial charge in [0.05, 0.1) is 24.1 Å². The van der Waals surface area contributed by atoms with Gasteiger partial charge in [0.2, 0.25) is 21.8 Å². The quantitative estimate of drug-likeness (QED) is 0.276. The number of rotatable bonds is 10. The molecule has 0 saturated carbocycles. The van der Waals surface area contributed by atoms with E-state index in [0.717, 1.165) is 26.9 Å². The lowest BCUT2D eigenvalue weighted by atomic mass is 10.0. The van der Waals surface area contributed by atoms with Crippen molar-refractivity contribution < 1.29 is 22.7 Å². The topological polar surface area (TPSA) is 158 Å². The molecule has 1 aromatic carbocycles. The molecule has 0 radical (unpaired) electrons. The van der Waals surface area contributed by atoms with Crippen molar-refractivity contribution >= 4 is 38.3 Å². The first-order valence-corrected chi connectivity index (χ1v) is 13.8. The van der Waals surface area contributed by atoms with E-state index < -0.39 is 21.8 Å². The molecule has 0 fully saturated rings. The van der Waals surface area contributed by atoms with Gasteiger partial charge in [0.15, 0.2) is 5.13 Å². The molecule has 4 N–H and O–H groups in total. The fourth-order valence-corrected chi connectivity index (χ4v) is 4.62. The summed E-state index contributed by atoms with van der Waals surface area (Å²) in [5.41, 5.74) is 9.03. The van der Waals surface area contributed by atoms with Crippen LogP contribution in [0.4, 0.5) is 5.13 Å². The maximum atomic E-state index is 12.3. The SMILES string of the molecule is CS(=O)(=O)n1ccc(C(=O)NCC(=O)Nc2nc(-c3cccc(-c4ccnc(OCCN)c4)c3)cs2)c1. The normalized spacial score (nSPS) is 11.2. The summed E-state index contributed by atoms with van der Waals surface area (Å²) in [5.74, 6) is -0.540. The highest BCUT2D eigenvalue weighted by Gasteiger charge is 2.14. The fourth-order valence-electron chi connectivity index (χ4n) is 3.30. The zero-order valence-corrected chi connectivity index (χ0v) is 21.4. The summed E-state index contributed by atoms with van der Waals surface area (Å²) < 4.78 is 29.5. The molecule has 0 aliphatic carbocycles. The van der Waals surface area contributed by atoms with Gasteiger partial charge in [0.25, 0.3) is 5.91 Å². The van der Waals surface area contributed by atoms with Gasteiger partial charge in [-0.1, -0.05) is 18.2 Å². The van der Waals surface area contributed by atoms with Crippen LogP contribution in [0.1, 0.15) is 10.4 Å². The third kappa shape index (κ3) is 6.78. The van der Waals surface area contributed by atoms with E-state index in [1.165, 1.54) is 29.8 Å². The van der Waals surface area contributed by atoms with E-state index in [1.807, 2.05) is 41.8 Å². The molecule has 4 aromatic rings. The summed E-state index contributed by atoms with van der Waals surface area (Å²) in [4.78, 5) is 33.2. The van der Waals surface area contributed by atoms with Crippen LogP contribution >= 0.6 is 11.3 Å². The van der Waals surface area contributed by atoms with Crippen LogP contribution in [0.3, 0.4) is 0 Å². The Bertz CT molecular complexity index is 1530. The maximum Gasteiger partial charge on any atom is 0.253 e. The lowest BCUT2D eigenvalue weighted by molar-refractivity contribution is -0.115. The minimum atomic E-state index is -3.49. The molecule has 0 bridgehead atoms. The summed E-state index contributed by atoms with van der Waals surface area (Å²) in [6, 6.07) is 12.8. The molecule has 37 heavy (non-hydrogen) atoms. The minimum Gasteiger partial charge on any atom is -0.476 e. The third-order valence-corrected chi connectivity index (χ3v) is 6.82. The van der Waals surface area contributed by atoms with Crippen molar-refractivity contribution in [2.24, 2.45) is 5.73 Å². The molecular formula is C24H24N6O5S2. The number of hydrogen-bond donors (Lipinski definition) is 3. The molecule has 0 atom stereocenters. The van der Waals surface area contributed by atoms with Gasteiger partial charge in [-0.25, -0.2) is 18.4 Å². The number of aromatic nitrogens is 3. The van der Waals surface area contributed by atoms with Crippen LogP contribution in [-0.2, 0) is 14.8 Å². The van der Waals surface area contributed by atoms with Crippen molar-refractivity contribution in [3.63, 3.8) is 0 Å². The van der Waals surface area contributed by atoms with E-state index in [1.54, 1.807) is 6.20 Å². The Morgan fingerprint density at radius 2 is 1.92 bits per heavy atom. The van der Waals surface area contributed by atoms with E-state index >= 15 is 0 Å². The van der Waals surface area contributed by atoms with Crippen molar-refractivity contribution in [3.05, 3.63) is 72.0 Å². The zero-order chi connectivity index (χ0) is 26.4. The van der Waals surface area contributed by atoms with Crippen molar-refractivity contribution in [2.45, 2.75) is 0 Å². The van der Waals surface area contributed by atoms with Crippen LogP contribution in [0.15, 0.2) is 66.4 Å². The second-order valence-electron chi connectivity index (χ2n) is 7.86. The highest BCUT2D eigenvalue weighted by atomic mass is 32.2. The van der Waals surface area contributed by atoms with Crippen LogP contribution in [0.5, 0.6) is 5.88 Å². The van der Waals surface area contributed by atoms with Crippen molar-refractivity contribution in [1.29, 1.82) is 0 Å². The summed E-state index contributed by atoms with van der Waals surface area (Å²) in [6.07, 6.45) is 5.14. The molecule has 0 spiro atoms. The molecule has 0 aliphatic heterocycles. The van der Waals surface area contributed by atoms with Crippen LogP contribution in [0.25, 0.3) is 22.4 Å². The first kappa shape index (κ1) is 26.0. The Labute approximate surface area is 217 Å². The number of nitrogens with zero attached hydrogens (tertiary/aromatic N) is 3. The van der Waals surface area contributed by atoms with Gasteiger partial charge >= 0.3 is 0 Å². The highest BCUT2D eigenvalue weighted by molar-refractivity contribution is 7.89. The average molecular weight is 541 g/mol. The first-order chi connectivity index (χ1) is 17.7. The minimum absolute atomic E-state index is 0.127. The highest BCUT2D eigenvalue weighted by Crippen LogP contribution is 2.29. The van der Waals surface area contributed by atoms with Gasteiger partial charge in [-0.3, -0.25) is 13.6 Å². The standard InChI is InChI=1S/C24H24N6O5S2/c1-37(33,34)30-9-6-19(14-30)23(32)27-13-21(31)29-24-28-20(15-36-24)18-4-2-3-16(11-18)17-5-8-26-22(12-17)35-10-7-25/h2-6,8-9,11-12,14-15H,7,10,13,25H2,1H3,(H,27,32)(H,28,29,31). The van der Waals surface area contributed by atoms with Crippen molar-refractivity contribution in [2.75, 3.05) is 31.3 Å². The van der Waals surface area contributed by atoms with Gasteiger partial charge < -0.3 is 21.1 Å². The fraction of sp³-hybridized carbons (Fsp3) is 0.167. The molecule has 13 heteroatoms. The second kappa shape index (κ2) is 11.3. The number of nitrogens with one attached hydrogen (secondary N) is 2. The molecule has 0 saturated heterocycles. The van der Waals surface area contributed by atoms with Gasteiger partial charge in [-0.2, -0.15) is 0 Å². The molecule has 3 heterocycles. The number of carbonyl (C=O) groups is 2. The van der Waals surface area contributed by atoms with Crippen LogP contribution < -0.4 is 21.1 Å². The van der Waals surface area contributed by atoms with Gasteiger partial charge in [-0.15, -0.1) is 11.3 Å². The van der Waals surface area contributed by atoms with Crippen LogP contribution in [0, 0.1) is 0 Å². The molecule has 11 nitrogen and oxygen atoms in total. The Morgan fingerprint density at radius 1 is 1.14 bits per heavy atom. The van der Waals surface area contributed by atoms with E-state index in [-0.39, 0.29) is 12.1 Å². The number of nitrogens with two attached hydrogens (primary N) is 1. The Balaban J connectivity index is 1.37. The van der Waals surface area contributed by atoms with E-state index in [0.29, 0.717) is 29.9 Å². The van der Waals surface area contributed by atoms with E-state index in [4.69, 9.17) is 10.5 Å². The molecule has 3 aromatic heterocycles. The number of thiazole rings is 1. The van der Waals surface area contributed by atoms with Gasteiger partial charge in [0.1, 0.15) is 6.61 Å². The molecule has 4 rings (SSSR count). The third-order valence-electron chi connectivity index (χ3n) is 5.07. The predicted octanol–water partition coefficient (Wildman–Crippen LogP) is 2.19. The molecular weight excluding hydrogens is 516 g/mol. The second-order valence-corrected chi connectivity index (χ2v) is 10.6. The summed E-state index contributed by atoms with van der Waals surface area (Å²) in [5, 5.41) is 7.32. The van der Waals surface area contributed by atoms with E-state index in [9.17, 15) is 18.0 Å². The number of pyridine rings is 1. The zero-order valence-electron chi connectivity index (χ0n) is 19.7. The van der Waals surface area contributed by atoms with Crippen molar-refractivity contribution in [3.8, 4) is 28.3 Å². The number of amides is 2. The van der Waals surface area contributed by atoms with Crippen molar-refractivity contribution in [1.82, 2.24) is 19.3 Å². The smallest absolute Gasteiger partial charge is 0.253 e. The Kier molecular flexibility index (Phi) is 7.96. The summed E-state index contributed by atoms with van der Waals surface area (Å²) >= 11 is 1.25. The summed E-state index contributed by atoms with van der Waals surface area (Å²) in [7, 11) is -3.49. The van der Waals surface area contributed by atoms with Gasteiger partial charge in [0, 0.05) is 42.1 Å².